The molecule has 2 rings (SSSR count). The molecule has 0 heterocycles. The molecule has 4 nitrogen and oxygen atoms in total. The topological polar surface area (TPSA) is 55.4 Å². The molecule has 0 aromatic heterocycles. The lowest BCUT2D eigenvalue weighted by atomic mass is 9.82. The molecule has 0 aliphatic heterocycles. The molecule has 124 valence electrons. The Bertz CT molecular complexity index is 519. The largest absolute Gasteiger partial charge is 0.445 e. The van der Waals surface area contributed by atoms with Gasteiger partial charge in [0.25, 0.3) is 0 Å². The first-order valence-corrected chi connectivity index (χ1v) is 8.30. The van der Waals surface area contributed by atoms with E-state index in [4.69, 9.17) is 4.74 Å². The first-order chi connectivity index (χ1) is 11.2. The number of allylic oxidation sites excluding steroid dienone is 1. The Balaban J connectivity index is 1.66. The quantitative estimate of drug-likeness (QED) is 0.774. The van der Waals surface area contributed by atoms with Crippen molar-refractivity contribution in [2.75, 3.05) is 0 Å². The molecule has 1 N–H and O–H groups in total. The molecule has 0 unspecified atom stereocenters. The molecule has 4 heteroatoms. The van der Waals surface area contributed by atoms with Crippen LogP contribution in [0, 0.1) is 5.92 Å². The van der Waals surface area contributed by atoms with E-state index in [1.54, 1.807) is 6.08 Å². The maximum absolute atomic E-state index is 12.0. The fourth-order valence-corrected chi connectivity index (χ4v) is 2.94. The van der Waals surface area contributed by atoms with Crippen LogP contribution in [-0.4, -0.2) is 17.9 Å². The molecule has 1 aliphatic rings. The molecule has 0 saturated heterocycles. The lowest BCUT2D eigenvalue weighted by Crippen LogP contribution is -2.39. The summed E-state index contributed by atoms with van der Waals surface area (Å²) >= 11 is 0. The van der Waals surface area contributed by atoms with Crippen molar-refractivity contribution in [1.82, 2.24) is 5.32 Å². The van der Waals surface area contributed by atoms with E-state index in [9.17, 15) is 9.59 Å². The lowest BCUT2D eigenvalue weighted by molar-refractivity contribution is -0.123. The second-order valence-corrected chi connectivity index (χ2v) is 6.05. The maximum Gasteiger partial charge on any atom is 0.407 e. The highest BCUT2D eigenvalue weighted by atomic mass is 16.5. The van der Waals surface area contributed by atoms with E-state index in [2.05, 4.69) is 11.9 Å². The molecular weight excluding hydrogens is 290 g/mol. The fourth-order valence-electron chi connectivity index (χ4n) is 2.94. The Morgan fingerprint density at radius 2 is 1.87 bits per heavy atom. The zero-order valence-corrected chi connectivity index (χ0v) is 13.5. The van der Waals surface area contributed by atoms with Crippen molar-refractivity contribution in [3.8, 4) is 0 Å². The number of benzene rings is 1. The summed E-state index contributed by atoms with van der Waals surface area (Å²) in [4.78, 5) is 23.8. The van der Waals surface area contributed by atoms with Crippen LogP contribution in [0.5, 0.6) is 0 Å². The number of rotatable bonds is 7. The molecule has 1 fully saturated rings. The first-order valence-electron chi connectivity index (χ1n) is 8.30. The minimum atomic E-state index is -0.379. The van der Waals surface area contributed by atoms with Crippen LogP contribution in [0.4, 0.5) is 4.79 Å². The van der Waals surface area contributed by atoms with E-state index < -0.39 is 0 Å². The summed E-state index contributed by atoms with van der Waals surface area (Å²) in [7, 11) is 0. The number of nitrogens with one attached hydrogen (secondary N) is 1. The van der Waals surface area contributed by atoms with E-state index in [0.29, 0.717) is 12.2 Å². The lowest BCUT2D eigenvalue weighted by Gasteiger charge is -2.28. The third-order valence-electron chi connectivity index (χ3n) is 4.31. The van der Waals surface area contributed by atoms with Gasteiger partial charge in [-0.3, -0.25) is 4.79 Å². The monoisotopic (exact) mass is 315 g/mol. The molecule has 1 aromatic carbocycles. The average molecular weight is 315 g/mol. The molecular formula is C19H25NO3. The third-order valence-corrected chi connectivity index (χ3v) is 4.31. The zero-order valence-electron chi connectivity index (χ0n) is 13.5. The Hall–Kier alpha value is -2.10. The Kier molecular flexibility index (Phi) is 6.85. The SMILES string of the molecule is C=CCCC(=O)C1CCC(NC(=O)OCc2ccccc2)CC1. The fraction of sp³-hybridized carbons (Fsp3) is 0.474. The Morgan fingerprint density at radius 3 is 2.52 bits per heavy atom. The maximum atomic E-state index is 12.0. The van der Waals surface area contributed by atoms with Crippen LogP contribution in [0.2, 0.25) is 0 Å². The number of ether oxygens (including phenoxy) is 1. The minimum absolute atomic E-state index is 0.113. The smallest absolute Gasteiger partial charge is 0.407 e. The van der Waals surface area contributed by atoms with Crippen molar-refractivity contribution in [3.63, 3.8) is 0 Å². The van der Waals surface area contributed by atoms with Crippen molar-refractivity contribution in [2.45, 2.75) is 51.2 Å². The second kappa shape index (κ2) is 9.13. The summed E-state index contributed by atoms with van der Waals surface area (Å²) in [5.41, 5.74) is 0.971. The number of carbonyl (C=O) groups excluding carboxylic acids is 2. The van der Waals surface area contributed by atoms with Crippen molar-refractivity contribution in [3.05, 3.63) is 48.6 Å². The van der Waals surface area contributed by atoms with Gasteiger partial charge in [0, 0.05) is 18.4 Å². The zero-order chi connectivity index (χ0) is 16.5. The van der Waals surface area contributed by atoms with Crippen LogP contribution in [0.1, 0.15) is 44.1 Å². The van der Waals surface area contributed by atoms with E-state index in [0.717, 1.165) is 37.7 Å². The van der Waals surface area contributed by atoms with Gasteiger partial charge in [-0.25, -0.2) is 4.79 Å². The molecule has 0 bridgehead atoms. The van der Waals surface area contributed by atoms with E-state index in [-0.39, 0.29) is 24.7 Å². The van der Waals surface area contributed by atoms with E-state index in [1.165, 1.54) is 0 Å². The molecule has 0 radical (unpaired) electrons. The predicted octanol–water partition coefficient (Wildman–Crippen LogP) is 4.01. The summed E-state index contributed by atoms with van der Waals surface area (Å²) in [5, 5.41) is 2.90. The third kappa shape index (κ3) is 5.89. The summed E-state index contributed by atoms with van der Waals surface area (Å²) in [6, 6.07) is 9.73. The average Bonchev–Trinajstić information content (AvgIpc) is 2.59. The summed E-state index contributed by atoms with van der Waals surface area (Å²) in [6.45, 7) is 3.93. The highest BCUT2D eigenvalue weighted by Gasteiger charge is 2.26. The molecule has 0 spiro atoms. The summed E-state index contributed by atoms with van der Waals surface area (Å²) < 4.78 is 5.23. The molecule has 1 aromatic rings. The van der Waals surface area contributed by atoms with Crippen molar-refractivity contribution in [1.29, 1.82) is 0 Å². The van der Waals surface area contributed by atoms with Crippen molar-refractivity contribution >= 4 is 11.9 Å². The van der Waals surface area contributed by atoms with Gasteiger partial charge in [0.1, 0.15) is 12.4 Å². The van der Waals surface area contributed by atoms with Gasteiger partial charge in [-0.1, -0.05) is 36.4 Å². The van der Waals surface area contributed by atoms with Crippen LogP contribution >= 0.6 is 0 Å². The summed E-state index contributed by atoms with van der Waals surface area (Å²) in [6.07, 6.45) is 6.12. The predicted molar refractivity (Wildman–Crippen MR) is 89.9 cm³/mol. The molecule has 1 amide bonds. The van der Waals surface area contributed by atoms with Crippen LogP contribution in [0.25, 0.3) is 0 Å². The van der Waals surface area contributed by atoms with Gasteiger partial charge in [0.05, 0.1) is 0 Å². The normalized spacial score (nSPS) is 20.5. The van der Waals surface area contributed by atoms with Gasteiger partial charge < -0.3 is 10.1 Å². The Labute approximate surface area is 137 Å². The summed E-state index contributed by atoms with van der Waals surface area (Å²) in [5.74, 6) is 0.475. The van der Waals surface area contributed by atoms with Crippen molar-refractivity contribution in [2.24, 2.45) is 5.92 Å². The highest BCUT2D eigenvalue weighted by Crippen LogP contribution is 2.26. The van der Waals surface area contributed by atoms with Gasteiger partial charge >= 0.3 is 6.09 Å². The van der Waals surface area contributed by atoms with Gasteiger partial charge in [-0.2, -0.15) is 0 Å². The number of Topliss-reactive ketones (excluding diaryl/α,β-unsaturated/α-hetero) is 1. The van der Waals surface area contributed by atoms with Crippen LogP contribution in [-0.2, 0) is 16.1 Å². The number of alkyl carbamates (subject to hydrolysis) is 1. The molecule has 23 heavy (non-hydrogen) atoms. The number of carbonyl (C=O) groups is 2. The second-order valence-electron chi connectivity index (χ2n) is 6.05. The van der Waals surface area contributed by atoms with Crippen LogP contribution < -0.4 is 5.32 Å². The standard InChI is InChI=1S/C19H25NO3/c1-2-3-9-18(21)16-10-12-17(13-11-16)20-19(22)23-14-15-7-5-4-6-8-15/h2,4-8,16-17H,1,3,9-14H2,(H,20,22). The van der Waals surface area contributed by atoms with Gasteiger partial charge in [0.15, 0.2) is 0 Å². The first kappa shape index (κ1) is 17.3. The van der Waals surface area contributed by atoms with E-state index >= 15 is 0 Å². The highest BCUT2D eigenvalue weighted by molar-refractivity contribution is 5.81. The van der Waals surface area contributed by atoms with Gasteiger partial charge in [-0.05, 0) is 37.7 Å². The van der Waals surface area contributed by atoms with Gasteiger partial charge in [0.2, 0.25) is 0 Å². The van der Waals surface area contributed by atoms with Crippen LogP contribution in [0.15, 0.2) is 43.0 Å². The van der Waals surface area contributed by atoms with Crippen molar-refractivity contribution < 1.29 is 14.3 Å². The van der Waals surface area contributed by atoms with E-state index in [1.807, 2.05) is 30.3 Å². The molecule has 1 aliphatic carbocycles. The number of amides is 1. The minimum Gasteiger partial charge on any atom is -0.445 e. The van der Waals surface area contributed by atoms with Crippen LogP contribution in [0.3, 0.4) is 0 Å². The molecule has 1 saturated carbocycles. The number of hydrogen-bond donors (Lipinski definition) is 1. The Morgan fingerprint density at radius 1 is 1.17 bits per heavy atom. The van der Waals surface area contributed by atoms with Gasteiger partial charge in [-0.15, -0.1) is 6.58 Å². The number of ketones is 1. The number of hydrogen-bond acceptors (Lipinski definition) is 3. The molecule has 0 atom stereocenters.